The predicted octanol–water partition coefficient (Wildman–Crippen LogP) is 4.35. The van der Waals surface area contributed by atoms with Crippen LogP contribution in [0.5, 0.6) is 0 Å². The van der Waals surface area contributed by atoms with Gasteiger partial charge in [-0.05, 0) is 43.4 Å². The molecule has 1 N–H and O–H groups in total. The first kappa shape index (κ1) is 17.2. The van der Waals surface area contributed by atoms with Gasteiger partial charge in [0, 0.05) is 19.3 Å². The largest absolute Gasteiger partial charge is 0.381 e. The summed E-state index contributed by atoms with van der Waals surface area (Å²) in [6.45, 7) is 11.5. The van der Waals surface area contributed by atoms with Gasteiger partial charge in [0.25, 0.3) is 0 Å². The molecule has 1 rings (SSSR count). The summed E-state index contributed by atoms with van der Waals surface area (Å²) >= 11 is 0. The zero-order chi connectivity index (χ0) is 14.8. The number of hydrogen-bond acceptors (Lipinski definition) is 2. The van der Waals surface area contributed by atoms with Crippen LogP contribution in [0.25, 0.3) is 0 Å². The Balaban J connectivity index is 2.20. The van der Waals surface area contributed by atoms with E-state index in [0.29, 0.717) is 12.0 Å². The number of nitrogens with one attached hydrogen (secondary N) is 1. The van der Waals surface area contributed by atoms with Gasteiger partial charge in [-0.15, -0.1) is 0 Å². The maximum absolute atomic E-state index is 5.59. The van der Waals surface area contributed by atoms with Crippen LogP contribution in [0.2, 0.25) is 0 Å². The molecule has 0 fully saturated rings. The number of hydrogen-bond donors (Lipinski definition) is 1. The number of rotatable bonds is 10. The van der Waals surface area contributed by atoms with E-state index < -0.39 is 0 Å². The maximum Gasteiger partial charge on any atom is 0.0489 e. The van der Waals surface area contributed by atoms with E-state index in [0.717, 1.165) is 26.2 Å². The van der Waals surface area contributed by atoms with Crippen LogP contribution >= 0.6 is 0 Å². The third-order valence-electron chi connectivity index (χ3n) is 3.39. The fourth-order valence-electron chi connectivity index (χ4n) is 2.19. The van der Waals surface area contributed by atoms with Crippen LogP contribution in [-0.4, -0.2) is 19.8 Å². The molecule has 2 heteroatoms. The minimum absolute atomic E-state index is 0.413. The molecule has 1 aromatic rings. The zero-order valence-corrected chi connectivity index (χ0v) is 13.6. The van der Waals surface area contributed by atoms with Gasteiger partial charge in [0.05, 0.1) is 0 Å². The molecule has 0 radical (unpaired) electrons. The molecule has 2 nitrogen and oxygen atoms in total. The fraction of sp³-hybridized carbons (Fsp3) is 0.667. The second-order valence-corrected chi connectivity index (χ2v) is 5.99. The van der Waals surface area contributed by atoms with Crippen molar-refractivity contribution >= 4 is 0 Å². The lowest BCUT2D eigenvalue weighted by atomic mass is 10.0. The minimum Gasteiger partial charge on any atom is -0.381 e. The van der Waals surface area contributed by atoms with Crippen molar-refractivity contribution in [1.29, 1.82) is 0 Å². The van der Waals surface area contributed by atoms with Gasteiger partial charge in [0.15, 0.2) is 0 Å². The molecular weight excluding hydrogens is 246 g/mol. The third kappa shape index (κ3) is 7.06. The standard InChI is InChI=1S/C18H31NO/c1-5-7-17-8-10-18(11-9-17)16(4)19-12-6-13-20-14-15(2)3/h8-11,15-16,19H,5-7,12-14H2,1-4H3. The molecule has 1 aromatic carbocycles. The zero-order valence-electron chi connectivity index (χ0n) is 13.6. The predicted molar refractivity (Wildman–Crippen MR) is 87.1 cm³/mol. The van der Waals surface area contributed by atoms with Crippen LogP contribution in [0.1, 0.15) is 57.7 Å². The Labute approximate surface area is 124 Å². The Hall–Kier alpha value is -0.860. The van der Waals surface area contributed by atoms with E-state index in [4.69, 9.17) is 4.74 Å². The maximum atomic E-state index is 5.59. The molecule has 0 heterocycles. The van der Waals surface area contributed by atoms with E-state index in [1.807, 2.05) is 0 Å². The van der Waals surface area contributed by atoms with Gasteiger partial charge in [-0.3, -0.25) is 0 Å². The number of benzene rings is 1. The molecular formula is C18H31NO. The van der Waals surface area contributed by atoms with Gasteiger partial charge in [0.2, 0.25) is 0 Å². The van der Waals surface area contributed by atoms with E-state index in [9.17, 15) is 0 Å². The summed E-state index contributed by atoms with van der Waals surface area (Å²) in [5.74, 6) is 0.628. The summed E-state index contributed by atoms with van der Waals surface area (Å²) in [6.07, 6.45) is 3.46. The van der Waals surface area contributed by atoms with Crippen molar-refractivity contribution in [3.05, 3.63) is 35.4 Å². The fourth-order valence-corrected chi connectivity index (χ4v) is 2.19. The molecule has 0 saturated carbocycles. The van der Waals surface area contributed by atoms with Gasteiger partial charge < -0.3 is 10.1 Å². The first-order valence-electron chi connectivity index (χ1n) is 8.03. The second-order valence-electron chi connectivity index (χ2n) is 5.99. The lowest BCUT2D eigenvalue weighted by Gasteiger charge is -2.15. The van der Waals surface area contributed by atoms with E-state index in [-0.39, 0.29) is 0 Å². The molecule has 1 unspecified atom stereocenters. The first-order chi connectivity index (χ1) is 9.63. The summed E-state index contributed by atoms with van der Waals surface area (Å²) in [7, 11) is 0. The van der Waals surface area contributed by atoms with Gasteiger partial charge in [0.1, 0.15) is 0 Å². The highest BCUT2D eigenvalue weighted by atomic mass is 16.5. The quantitative estimate of drug-likeness (QED) is 0.642. The Morgan fingerprint density at radius 3 is 2.40 bits per heavy atom. The van der Waals surface area contributed by atoms with E-state index in [1.165, 1.54) is 24.0 Å². The molecule has 114 valence electrons. The molecule has 0 aliphatic carbocycles. The SMILES string of the molecule is CCCc1ccc(C(C)NCCCOCC(C)C)cc1. The molecule has 0 aliphatic rings. The van der Waals surface area contributed by atoms with E-state index in [1.54, 1.807) is 0 Å². The third-order valence-corrected chi connectivity index (χ3v) is 3.39. The second kappa shape index (κ2) is 9.95. The topological polar surface area (TPSA) is 21.3 Å². The molecule has 0 aromatic heterocycles. The van der Waals surface area contributed by atoms with Gasteiger partial charge in [-0.2, -0.15) is 0 Å². The van der Waals surface area contributed by atoms with Gasteiger partial charge in [-0.1, -0.05) is 51.5 Å². The Morgan fingerprint density at radius 2 is 1.80 bits per heavy atom. The average Bonchev–Trinajstić information content (AvgIpc) is 2.43. The van der Waals surface area contributed by atoms with Crippen molar-refractivity contribution < 1.29 is 4.74 Å². The van der Waals surface area contributed by atoms with E-state index >= 15 is 0 Å². The Morgan fingerprint density at radius 1 is 1.10 bits per heavy atom. The van der Waals surface area contributed by atoms with Crippen molar-refractivity contribution in [3.63, 3.8) is 0 Å². The summed E-state index contributed by atoms with van der Waals surface area (Å²) in [5.41, 5.74) is 2.80. The lowest BCUT2D eigenvalue weighted by Crippen LogP contribution is -2.21. The van der Waals surface area contributed by atoms with Crippen LogP contribution in [0.4, 0.5) is 0 Å². The van der Waals surface area contributed by atoms with Crippen molar-refractivity contribution in [1.82, 2.24) is 5.32 Å². The van der Waals surface area contributed by atoms with Crippen LogP contribution in [0.15, 0.2) is 24.3 Å². The monoisotopic (exact) mass is 277 g/mol. The highest BCUT2D eigenvalue weighted by Gasteiger charge is 2.04. The van der Waals surface area contributed by atoms with Crippen molar-refractivity contribution in [2.24, 2.45) is 5.92 Å². The molecule has 20 heavy (non-hydrogen) atoms. The van der Waals surface area contributed by atoms with Crippen molar-refractivity contribution in [2.75, 3.05) is 19.8 Å². The summed E-state index contributed by atoms with van der Waals surface area (Å²) in [6, 6.07) is 9.41. The van der Waals surface area contributed by atoms with Crippen molar-refractivity contribution in [3.8, 4) is 0 Å². The van der Waals surface area contributed by atoms with Gasteiger partial charge >= 0.3 is 0 Å². The normalized spacial score (nSPS) is 12.8. The number of aryl methyl sites for hydroxylation is 1. The summed E-state index contributed by atoms with van der Waals surface area (Å²) in [5, 5.41) is 3.56. The first-order valence-corrected chi connectivity index (χ1v) is 8.03. The minimum atomic E-state index is 0.413. The average molecular weight is 277 g/mol. The highest BCUT2D eigenvalue weighted by Crippen LogP contribution is 2.14. The molecule has 1 atom stereocenters. The van der Waals surface area contributed by atoms with Crippen LogP contribution in [0, 0.1) is 5.92 Å². The number of ether oxygens (including phenoxy) is 1. The summed E-state index contributed by atoms with van der Waals surface area (Å²) in [4.78, 5) is 0. The molecule has 0 spiro atoms. The molecule has 0 aliphatic heterocycles. The van der Waals surface area contributed by atoms with E-state index in [2.05, 4.69) is 57.3 Å². The van der Waals surface area contributed by atoms with Gasteiger partial charge in [-0.25, -0.2) is 0 Å². The Bertz CT molecular complexity index is 345. The van der Waals surface area contributed by atoms with Crippen LogP contribution in [-0.2, 0) is 11.2 Å². The lowest BCUT2D eigenvalue weighted by molar-refractivity contribution is 0.107. The van der Waals surface area contributed by atoms with Crippen LogP contribution < -0.4 is 5.32 Å². The summed E-state index contributed by atoms with van der Waals surface area (Å²) < 4.78 is 5.59. The smallest absolute Gasteiger partial charge is 0.0489 e. The molecule has 0 amide bonds. The van der Waals surface area contributed by atoms with Crippen molar-refractivity contribution in [2.45, 2.75) is 53.0 Å². The molecule has 0 saturated heterocycles. The Kier molecular flexibility index (Phi) is 8.56. The van der Waals surface area contributed by atoms with Crippen LogP contribution in [0.3, 0.4) is 0 Å². The molecule has 0 bridgehead atoms. The highest BCUT2D eigenvalue weighted by molar-refractivity contribution is 5.24.